The van der Waals surface area contributed by atoms with E-state index < -0.39 is 0 Å². The number of hydrogen-bond donors (Lipinski definition) is 2. The molecule has 2 N–H and O–H groups in total. The van der Waals surface area contributed by atoms with Gasteiger partial charge in [-0.3, -0.25) is 10.1 Å². The Balaban J connectivity index is 1.75. The van der Waals surface area contributed by atoms with E-state index in [2.05, 4.69) is 36.6 Å². The number of piperidine rings is 1. The number of carbonyl (C=O) groups is 1. The molecule has 0 unspecified atom stereocenters. The number of aryl methyl sites for hydroxylation is 1. The molecule has 116 valence electrons. The zero-order chi connectivity index (χ0) is 15.5. The van der Waals surface area contributed by atoms with E-state index in [1.54, 1.807) is 23.9 Å². The molecule has 0 radical (unpaired) electrons. The molecule has 1 aromatic heterocycles. The van der Waals surface area contributed by atoms with Crippen LogP contribution in [0.5, 0.6) is 0 Å². The maximum absolute atomic E-state index is 12.3. The van der Waals surface area contributed by atoms with Gasteiger partial charge in [0.25, 0.3) is 5.91 Å². The van der Waals surface area contributed by atoms with Crippen LogP contribution in [0.4, 0.5) is 5.95 Å². The lowest BCUT2D eigenvalue weighted by Gasteiger charge is -2.19. The van der Waals surface area contributed by atoms with Crippen molar-refractivity contribution < 1.29 is 4.79 Å². The molecule has 7 heteroatoms. The zero-order valence-electron chi connectivity index (χ0n) is 12.3. The van der Waals surface area contributed by atoms with Crippen molar-refractivity contribution in [1.82, 2.24) is 20.1 Å². The first-order valence-corrected chi connectivity index (χ1v) is 8.11. The molecule has 0 saturated carbocycles. The van der Waals surface area contributed by atoms with Crippen molar-refractivity contribution in [3.8, 4) is 0 Å². The average Bonchev–Trinajstić information content (AvgIpc) is 2.89. The number of halogens is 1. The van der Waals surface area contributed by atoms with Gasteiger partial charge in [0.15, 0.2) is 5.82 Å². The van der Waals surface area contributed by atoms with E-state index in [4.69, 9.17) is 0 Å². The molecule has 0 spiro atoms. The number of benzene rings is 1. The number of anilines is 1. The molecular weight excluding hydrogens is 346 g/mol. The third kappa shape index (κ3) is 3.36. The Labute approximate surface area is 137 Å². The van der Waals surface area contributed by atoms with Crippen molar-refractivity contribution in [3.05, 3.63) is 40.1 Å². The summed E-state index contributed by atoms with van der Waals surface area (Å²) in [6, 6.07) is 7.26. The molecule has 1 aliphatic rings. The molecule has 0 atom stereocenters. The Morgan fingerprint density at radius 3 is 2.91 bits per heavy atom. The maximum atomic E-state index is 12.3. The second-order valence-electron chi connectivity index (χ2n) is 5.41. The summed E-state index contributed by atoms with van der Waals surface area (Å²) >= 11 is 3.37. The van der Waals surface area contributed by atoms with E-state index >= 15 is 0 Å². The highest BCUT2D eigenvalue weighted by molar-refractivity contribution is 9.10. The standard InChI is InChI=1S/C15H18BrN5O/c1-21-15(18-13(20-21)10-5-7-17-8-6-10)19-14(22)11-3-2-4-12(16)9-11/h2-4,9-10,17H,5-8H2,1H3,(H,18,19,20,22). The summed E-state index contributed by atoms with van der Waals surface area (Å²) < 4.78 is 2.50. The van der Waals surface area contributed by atoms with Gasteiger partial charge in [0.2, 0.25) is 5.95 Å². The van der Waals surface area contributed by atoms with Crippen molar-refractivity contribution in [1.29, 1.82) is 0 Å². The second kappa shape index (κ2) is 6.58. The van der Waals surface area contributed by atoms with E-state index in [1.807, 2.05) is 12.1 Å². The van der Waals surface area contributed by atoms with Crippen molar-refractivity contribution in [2.24, 2.45) is 7.05 Å². The molecule has 0 aliphatic carbocycles. The molecule has 22 heavy (non-hydrogen) atoms. The average molecular weight is 364 g/mol. The van der Waals surface area contributed by atoms with Crippen LogP contribution in [0.2, 0.25) is 0 Å². The fourth-order valence-electron chi connectivity index (χ4n) is 2.57. The van der Waals surface area contributed by atoms with Crippen LogP contribution in [0.1, 0.15) is 34.9 Å². The molecule has 0 bridgehead atoms. The lowest BCUT2D eigenvalue weighted by atomic mass is 9.98. The van der Waals surface area contributed by atoms with Crippen LogP contribution in [-0.4, -0.2) is 33.8 Å². The Bertz CT molecular complexity index is 678. The number of nitrogens with zero attached hydrogens (tertiary/aromatic N) is 3. The van der Waals surface area contributed by atoms with E-state index in [0.717, 1.165) is 36.2 Å². The summed E-state index contributed by atoms with van der Waals surface area (Å²) in [5.74, 6) is 1.48. The first kappa shape index (κ1) is 15.2. The summed E-state index contributed by atoms with van der Waals surface area (Å²) in [6.45, 7) is 1.98. The lowest BCUT2D eigenvalue weighted by Crippen LogP contribution is -2.27. The molecule has 3 rings (SSSR count). The minimum Gasteiger partial charge on any atom is -0.317 e. The Morgan fingerprint density at radius 1 is 1.41 bits per heavy atom. The van der Waals surface area contributed by atoms with E-state index in [1.165, 1.54) is 0 Å². The number of hydrogen-bond acceptors (Lipinski definition) is 4. The van der Waals surface area contributed by atoms with Crippen LogP contribution in [0.15, 0.2) is 28.7 Å². The van der Waals surface area contributed by atoms with Gasteiger partial charge in [-0.1, -0.05) is 22.0 Å². The maximum Gasteiger partial charge on any atom is 0.258 e. The third-order valence-corrected chi connectivity index (χ3v) is 4.29. The van der Waals surface area contributed by atoms with Crippen LogP contribution < -0.4 is 10.6 Å². The highest BCUT2D eigenvalue weighted by Gasteiger charge is 2.21. The largest absolute Gasteiger partial charge is 0.317 e. The van der Waals surface area contributed by atoms with Gasteiger partial charge in [0, 0.05) is 23.0 Å². The Kier molecular flexibility index (Phi) is 4.54. The van der Waals surface area contributed by atoms with Crippen LogP contribution in [0.3, 0.4) is 0 Å². The fraction of sp³-hybridized carbons (Fsp3) is 0.400. The number of carbonyl (C=O) groups excluding carboxylic acids is 1. The van der Waals surface area contributed by atoms with Crippen LogP contribution in [0.25, 0.3) is 0 Å². The summed E-state index contributed by atoms with van der Waals surface area (Å²) in [4.78, 5) is 16.8. The van der Waals surface area contributed by atoms with Gasteiger partial charge in [0.1, 0.15) is 0 Å². The number of nitrogens with one attached hydrogen (secondary N) is 2. The SMILES string of the molecule is Cn1nc(C2CCNCC2)nc1NC(=O)c1cccc(Br)c1. The monoisotopic (exact) mass is 363 g/mol. The lowest BCUT2D eigenvalue weighted by molar-refractivity contribution is 0.102. The molecule has 2 aromatic rings. The van der Waals surface area contributed by atoms with Crippen molar-refractivity contribution in [3.63, 3.8) is 0 Å². The van der Waals surface area contributed by atoms with Gasteiger partial charge in [-0.05, 0) is 44.1 Å². The van der Waals surface area contributed by atoms with Crippen LogP contribution >= 0.6 is 15.9 Å². The highest BCUT2D eigenvalue weighted by atomic mass is 79.9. The van der Waals surface area contributed by atoms with E-state index in [9.17, 15) is 4.79 Å². The summed E-state index contributed by atoms with van der Waals surface area (Å²) in [5, 5.41) is 10.6. The van der Waals surface area contributed by atoms with Crippen molar-refractivity contribution in [2.45, 2.75) is 18.8 Å². The molecular formula is C15H18BrN5O. The highest BCUT2D eigenvalue weighted by Crippen LogP contribution is 2.23. The van der Waals surface area contributed by atoms with Crippen molar-refractivity contribution >= 4 is 27.8 Å². The first-order valence-electron chi connectivity index (χ1n) is 7.32. The van der Waals surface area contributed by atoms with Gasteiger partial charge in [0.05, 0.1) is 0 Å². The van der Waals surface area contributed by atoms with Gasteiger partial charge in [-0.15, -0.1) is 0 Å². The predicted octanol–water partition coefficient (Wildman–Crippen LogP) is 2.30. The van der Waals surface area contributed by atoms with Gasteiger partial charge < -0.3 is 5.32 Å². The first-order chi connectivity index (χ1) is 10.6. The van der Waals surface area contributed by atoms with Gasteiger partial charge >= 0.3 is 0 Å². The van der Waals surface area contributed by atoms with E-state index in [-0.39, 0.29) is 5.91 Å². The summed E-state index contributed by atoms with van der Waals surface area (Å²) in [5.41, 5.74) is 0.584. The summed E-state index contributed by atoms with van der Waals surface area (Å²) in [7, 11) is 1.80. The number of rotatable bonds is 3. The molecule has 1 aliphatic heterocycles. The summed E-state index contributed by atoms with van der Waals surface area (Å²) in [6.07, 6.45) is 2.06. The molecule has 1 saturated heterocycles. The predicted molar refractivity (Wildman–Crippen MR) is 87.9 cm³/mol. The zero-order valence-corrected chi connectivity index (χ0v) is 13.9. The Hall–Kier alpha value is -1.73. The molecule has 1 fully saturated rings. The second-order valence-corrected chi connectivity index (χ2v) is 6.32. The Morgan fingerprint density at radius 2 is 2.18 bits per heavy atom. The van der Waals surface area contributed by atoms with Crippen LogP contribution in [-0.2, 0) is 7.05 Å². The topological polar surface area (TPSA) is 71.8 Å². The van der Waals surface area contributed by atoms with Gasteiger partial charge in [-0.2, -0.15) is 10.1 Å². The normalized spacial score (nSPS) is 15.7. The minimum absolute atomic E-state index is 0.186. The molecule has 6 nitrogen and oxygen atoms in total. The van der Waals surface area contributed by atoms with Crippen molar-refractivity contribution in [2.75, 3.05) is 18.4 Å². The third-order valence-electron chi connectivity index (χ3n) is 3.80. The quantitative estimate of drug-likeness (QED) is 0.877. The molecule has 2 heterocycles. The number of aromatic nitrogens is 3. The smallest absolute Gasteiger partial charge is 0.258 e. The molecule has 1 aromatic carbocycles. The fourth-order valence-corrected chi connectivity index (χ4v) is 2.97. The minimum atomic E-state index is -0.186. The van der Waals surface area contributed by atoms with Gasteiger partial charge in [-0.25, -0.2) is 4.68 Å². The molecule has 1 amide bonds. The van der Waals surface area contributed by atoms with Crippen LogP contribution in [0, 0.1) is 0 Å². The van der Waals surface area contributed by atoms with E-state index in [0.29, 0.717) is 17.4 Å². The number of amides is 1.